The van der Waals surface area contributed by atoms with Gasteiger partial charge in [-0.2, -0.15) is 5.10 Å². The van der Waals surface area contributed by atoms with E-state index in [2.05, 4.69) is 10.1 Å². The molecule has 1 unspecified atom stereocenters. The third-order valence-electron chi connectivity index (χ3n) is 5.03. The van der Waals surface area contributed by atoms with Crippen LogP contribution in [0.2, 0.25) is 0 Å². The highest BCUT2D eigenvalue weighted by Gasteiger charge is 2.44. The summed E-state index contributed by atoms with van der Waals surface area (Å²) < 4.78 is 9.03. The zero-order valence-electron chi connectivity index (χ0n) is 14.2. The average molecular weight is 343 g/mol. The number of aryl methyl sites for hydroxylation is 2. The van der Waals surface area contributed by atoms with E-state index >= 15 is 0 Å². The molecular weight excluding hydrogens is 322 g/mol. The van der Waals surface area contributed by atoms with Crippen molar-refractivity contribution in [2.24, 2.45) is 7.05 Å². The van der Waals surface area contributed by atoms with Crippen molar-refractivity contribution in [3.05, 3.63) is 46.4 Å². The number of nitrogens with zero attached hydrogens (tertiary/aromatic N) is 5. The molecule has 0 N–H and O–H groups in total. The van der Waals surface area contributed by atoms with Crippen LogP contribution in [-0.4, -0.2) is 48.8 Å². The lowest BCUT2D eigenvalue weighted by molar-refractivity contribution is -0.133. The summed E-state index contributed by atoms with van der Waals surface area (Å²) in [5.41, 5.74) is 0.323. The van der Waals surface area contributed by atoms with Crippen molar-refractivity contribution < 1.29 is 9.53 Å². The predicted molar refractivity (Wildman–Crippen MR) is 88.7 cm³/mol. The van der Waals surface area contributed by atoms with Crippen molar-refractivity contribution in [2.75, 3.05) is 13.1 Å². The Morgan fingerprint density at radius 3 is 3.04 bits per heavy atom. The summed E-state index contributed by atoms with van der Waals surface area (Å²) in [6, 6.07) is 5.72. The summed E-state index contributed by atoms with van der Waals surface area (Å²) in [5.74, 6) is 0.758. The van der Waals surface area contributed by atoms with E-state index < -0.39 is 5.60 Å². The van der Waals surface area contributed by atoms with Gasteiger partial charge in [0.05, 0.1) is 13.1 Å². The molecule has 2 aromatic heterocycles. The maximum Gasteiger partial charge on any atom is 0.345 e. The Morgan fingerprint density at radius 2 is 2.24 bits per heavy atom. The van der Waals surface area contributed by atoms with E-state index in [0.29, 0.717) is 44.9 Å². The number of aromatic nitrogens is 4. The molecule has 0 radical (unpaired) electrons. The zero-order chi connectivity index (χ0) is 17.4. The van der Waals surface area contributed by atoms with E-state index in [1.54, 1.807) is 17.8 Å². The number of rotatable bonds is 3. The summed E-state index contributed by atoms with van der Waals surface area (Å²) in [7, 11) is 1.64. The van der Waals surface area contributed by atoms with Gasteiger partial charge in [0.15, 0.2) is 5.82 Å². The largest absolute Gasteiger partial charge is 0.363 e. The highest BCUT2D eigenvalue weighted by molar-refractivity contribution is 5.76. The fourth-order valence-corrected chi connectivity index (χ4v) is 3.62. The predicted octanol–water partition coefficient (Wildman–Crippen LogP) is 0.111. The minimum Gasteiger partial charge on any atom is -0.363 e. The molecule has 1 spiro atoms. The first-order valence-corrected chi connectivity index (χ1v) is 8.51. The van der Waals surface area contributed by atoms with E-state index in [0.717, 1.165) is 12.1 Å². The number of likely N-dealkylation sites (tertiary alicyclic amines) is 1. The van der Waals surface area contributed by atoms with Gasteiger partial charge in [-0.25, -0.2) is 9.48 Å². The normalized spacial score (nSPS) is 22.4. The molecule has 8 heteroatoms. The molecule has 1 fully saturated rings. The molecule has 25 heavy (non-hydrogen) atoms. The molecule has 0 aromatic carbocycles. The summed E-state index contributed by atoms with van der Waals surface area (Å²) in [6.45, 7) is 1.95. The van der Waals surface area contributed by atoms with Gasteiger partial charge >= 0.3 is 5.69 Å². The van der Waals surface area contributed by atoms with Crippen molar-refractivity contribution in [3.8, 4) is 0 Å². The van der Waals surface area contributed by atoms with Gasteiger partial charge < -0.3 is 9.64 Å². The zero-order valence-corrected chi connectivity index (χ0v) is 14.2. The van der Waals surface area contributed by atoms with Gasteiger partial charge in [-0.1, -0.05) is 6.07 Å². The second-order valence-corrected chi connectivity index (χ2v) is 6.77. The van der Waals surface area contributed by atoms with Crippen LogP contribution in [0.5, 0.6) is 0 Å². The molecule has 1 atom stereocenters. The molecule has 4 heterocycles. The highest BCUT2D eigenvalue weighted by atomic mass is 16.5. The average Bonchev–Trinajstić information content (AvgIpc) is 3.16. The van der Waals surface area contributed by atoms with Gasteiger partial charge in [0.25, 0.3) is 0 Å². The van der Waals surface area contributed by atoms with Crippen LogP contribution in [0.4, 0.5) is 0 Å². The second-order valence-electron chi connectivity index (χ2n) is 6.77. The van der Waals surface area contributed by atoms with E-state index in [9.17, 15) is 9.59 Å². The molecule has 0 bridgehead atoms. The van der Waals surface area contributed by atoms with Crippen LogP contribution in [0.1, 0.15) is 24.4 Å². The topological polar surface area (TPSA) is 82.3 Å². The maximum absolute atomic E-state index is 12.5. The molecule has 0 saturated carbocycles. The molecule has 8 nitrogen and oxygen atoms in total. The van der Waals surface area contributed by atoms with Gasteiger partial charge in [0.2, 0.25) is 5.91 Å². The van der Waals surface area contributed by atoms with Crippen LogP contribution in [0.15, 0.2) is 29.2 Å². The van der Waals surface area contributed by atoms with Crippen molar-refractivity contribution in [3.63, 3.8) is 0 Å². The number of hydrogen-bond donors (Lipinski definition) is 0. The first-order chi connectivity index (χ1) is 12.1. The van der Waals surface area contributed by atoms with Crippen LogP contribution in [0.25, 0.3) is 0 Å². The van der Waals surface area contributed by atoms with Crippen molar-refractivity contribution in [1.29, 1.82) is 0 Å². The van der Waals surface area contributed by atoms with Gasteiger partial charge in [-0.05, 0) is 25.0 Å². The Labute approximate surface area is 145 Å². The number of carbonyl (C=O) groups is 1. The number of pyridine rings is 1. The number of fused-ring (bicyclic) bond motifs is 1. The van der Waals surface area contributed by atoms with E-state index in [-0.39, 0.29) is 11.6 Å². The van der Waals surface area contributed by atoms with Crippen LogP contribution in [0.3, 0.4) is 0 Å². The van der Waals surface area contributed by atoms with Crippen molar-refractivity contribution in [1.82, 2.24) is 24.2 Å². The first kappa shape index (κ1) is 16.0. The van der Waals surface area contributed by atoms with E-state index in [1.807, 2.05) is 23.1 Å². The summed E-state index contributed by atoms with van der Waals surface area (Å²) in [4.78, 5) is 30.8. The highest BCUT2D eigenvalue weighted by Crippen LogP contribution is 2.31. The Kier molecular flexibility index (Phi) is 3.91. The van der Waals surface area contributed by atoms with E-state index in [1.165, 1.54) is 4.68 Å². The SMILES string of the molecule is Cn1nc2n(c1=O)CC1(CCN(C(=O)CCc3ccccn3)C1)OC2. The Balaban J connectivity index is 1.40. The van der Waals surface area contributed by atoms with Gasteiger partial charge in [-0.15, -0.1) is 0 Å². The Hall–Kier alpha value is -2.48. The van der Waals surface area contributed by atoms with E-state index in [4.69, 9.17) is 4.74 Å². The van der Waals surface area contributed by atoms with Crippen LogP contribution in [-0.2, 0) is 36.2 Å². The molecule has 4 rings (SSSR count). The third kappa shape index (κ3) is 2.97. The Morgan fingerprint density at radius 1 is 1.36 bits per heavy atom. The molecule has 2 aliphatic rings. The van der Waals surface area contributed by atoms with Crippen molar-refractivity contribution in [2.45, 2.75) is 38.0 Å². The minimum absolute atomic E-state index is 0.107. The minimum atomic E-state index is -0.472. The molecule has 1 saturated heterocycles. The van der Waals surface area contributed by atoms with Gasteiger partial charge in [0, 0.05) is 31.9 Å². The summed E-state index contributed by atoms with van der Waals surface area (Å²) in [6.07, 6.45) is 3.55. The fraction of sp³-hybridized carbons (Fsp3) is 0.529. The van der Waals surface area contributed by atoms with Crippen molar-refractivity contribution >= 4 is 5.91 Å². The molecule has 2 aliphatic heterocycles. The number of ether oxygens (including phenoxy) is 1. The smallest absolute Gasteiger partial charge is 0.345 e. The summed E-state index contributed by atoms with van der Waals surface area (Å²) >= 11 is 0. The number of hydrogen-bond acceptors (Lipinski definition) is 5. The number of carbonyl (C=O) groups excluding carboxylic acids is 1. The van der Waals surface area contributed by atoms with Crippen LogP contribution < -0.4 is 5.69 Å². The molecule has 0 aliphatic carbocycles. The standard InChI is InChI=1S/C17H21N5O3/c1-20-16(24)22-12-17(25-10-14(22)19-20)7-9-21(11-17)15(23)6-5-13-4-2-3-8-18-13/h2-4,8H,5-7,9-12H2,1H3. The van der Waals surface area contributed by atoms with Gasteiger partial charge in [-0.3, -0.25) is 14.3 Å². The Bertz CT molecular complexity index is 844. The lowest BCUT2D eigenvalue weighted by Gasteiger charge is -2.33. The fourth-order valence-electron chi connectivity index (χ4n) is 3.62. The third-order valence-corrected chi connectivity index (χ3v) is 5.03. The second kappa shape index (κ2) is 6.11. The lowest BCUT2D eigenvalue weighted by Crippen LogP contribution is -2.47. The van der Waals surface area contributed by atoms with Crippen LogP contribution in [0, 0.1) is 0 Å². The molecule has 132 valence electrons. The summed E-state index contributed by atoms with van der Waals surface area (Å²) in [5, 5.41) is 4.18. The first-order valence-electron chi connectivity index (χ1n) is 8.51. The number of amides is 1. The molecule has 2 aromatic rings. The van der Waals surface area contributed by atoms with Crippen LogP contribution >= 0.6 is 0 Å². The molecule has 1 amide bonds. The lowest BCUT2D eigenvalue weighted by atomic mass is 10.0. The molecular formula is C17H21N5O3. The quantitative estimate of drug-likeness (QED) is 0.790. The maximum atomic E-state index is 12.5. The monoisotopic (exact) mass is 343 g/mol. The van der Waals surface area contributed by atoms with Gasteiger partial charge in [0.1, 0.15) is 12.2 Å².